The average Bonchev–Trinajstić information content (AvgIpc) is 3.97. The molecule has 0 atom stereocenters. The zero-order valence-electron chi connectivity index (χ0n) is 37.7. The van der Waals surface area contributed by atoms with Crippen molar-refractivity contribution in [3.05, 3.63) is 267 Å². The first-order chi connectivity index (χ1) is 34.2. The molecular weight excluding hydrogens is 853 g/mol. The lowest BCUT2D eigenvalue weighted by atomic mass is 9.94. The molecule has 2 nitrogen and oxygen atoms in total. The molecule has 0 N–H and O–H groups in total. The van der Waals surface area contributed by atoms with Gasteiger partial charge in [0.2, 0.25) is 0 Å². The van der Waals surface area contributed by atoms with Crippen molar-refractivity contribution in [1.29, 1.82) is 0 Å². The van der Waals surface area contributed by atoms with Crippen LogP contribution in [0, 0.1) is 0 Å². The summed E-state index contributed by atoms with van der Waals surface area (Å²) in [4.78, 5) is 2.44. The summed E-state index contributed by atoms with van der Waals surface area (Å²) in [6, 6.07) is 97.5. The highest BCUT2D eigenvalue weighted by Gasteiger charge is 2.22. The van der Waals surface area contributed by atoms with Crippen molar-refractivity contribution in [3.8, 4) is 61.3 Å². The highest BCUT2D eigenvalue weighted by Crippen LogP contribution is 2.46. The molecule has 0 radical (unpaired) electrons. The lowest BCUT2D eigenvalue weighted by Crippen LogP contribution is -2.11. The molecule has 0 unspecified atom stereocenters. The Morgan fingerprint density at radius 2 is 0.696 bits per heavy atom. The first-order valence-corrected chi connectivity index (χ1v) is 24.4. The molecule has 69 heavy (non-hydrogen) atoms. The lowest BCUT2D eigenvalue weighted by Gasteiger charge is -2.29. The number of hydrogen-bond donors (Lipinski definition) is 0. The van der Waals surface area contributed by atoms with Gasteiger partial charge in [-0.3, -0.25) is 0 Å². The summed E-state index contributed by atoms with van der Waals surface area (Å²) < 4.78 is 5.03. The number of rotatable bonds is 9. The third kappa shape index (κ3) is 7.28. The van der Waals surface area contributed by atoms with E-state index in [1.807, 2.05) is 11.3 Å². The van der Waals surface area contributed by atoms with E-state index in [2.05, 4.69) is 276 Å². The zero-order valence-corrected chi connectivity index (χ0v) is 38.5. The number of aromatic nitrogens is 1. The highest BCUT2D eigenvalue weighted by atomic mass is 32.1. The van der Waals surface area contributed by atoms with Crippen LogP contribution in [-0.2, 0) is 0 Å². The Kier molecular flexibility index (Phi) is 10.1. The third-order valence-corrected chi connectivity index (χ3v) is 14.8. The van der Waals surface area contributed by atoms with E-state index in [0.29, 0.717) is 0 Å². The second-order valence-corrected chi connectivity index (χ2v) is 18.8. The van der Waals surface area contributed by atoms with Crippen LogP contribution in [0.2, 0.25) is 0 Å². The Hall–Kier alpha value is -8.76. The van der Waals surface area contributed by atoms with Gasteiger partial charge >= 0.3 is 0 Å². The number of fused-ring (bicyclic) bond motifs is 6. The van der Waals surface area contributed by atoms with Crippen LogP contribution in [0.1, 0.15) is 0 Å². The molecule has 0 bridgehead atoms. The summed E-state index contributed by atoms with van der Waals surface area (Å²) in [5, 5.41) is 5.06. The lowest BCUT2D eigenvalue weighted by molar-refractivity contribution is 1.18. The van der Waals surface area contributed by atoms with Gasteiger partial charge in [-0.1, -0.05) is 194 Å². The fourth-order valence-corrected chi connectivity index (χ4v) is 11.4. The standard InChI is InChI=1S/C66H44N2S/c1-3-15-45(16-4-1)47-27-29-48(30-28-47)50-33-39-54(40-34-50)67(53-37-31-49(32-38-53)46-17-5-2-6-18-46)64-41-35-51(43-59(64)52-36-42-66-60(44-52)58-22-10-14-26-65(58)69-66)55-19-7-11-23-61(55)68-62-24-12-8-20-56(62)57-21-9-13-25-63(57)68/h1-44H. The SMILES string of the molecule is c1ccc(-c2ccc(-c3ccc(N(c4ccc(-c5ccccc5)cc4)c4ccc(-c5ccccc5-n5c6ccccc6c6ccccc65)cc4-c4ccc5sc6ccccc6c5c4)cc3)cc2)cc1. The van der Waals surface area contributed by atoms with Gasteiger partial charge in [0.1, 0.15) is 0 Å². The van der Waals surface area contributed by atoms with E-state index in [1.54, 1.807) is 0 Å². The Morgan fingerprint density at radius 3 is 1.29 bits per heavy atom. The van der Waals surface area contributed by atoms with E-state index < -0.39 is 0 Å². The zero-order chi connectivity index (χ0) is 45.7. The van der Waals surface area contributed by atoms with Crippen molar-refractivity contribution in [1.82, 2.24) is 4.57 Å². The molecular formula is C66H44N2S. The number of para-hydroxylation sites is 3. The molecule has 0 aliphatic heterocycles. The Bertz CT molecular complexity index is 3930. The maximum atomic E-state index is 2.44. The summed E-state index contributed by atoms with van der Waals surface area (Å²) in [6.07, 6.45) is 0. The van der Waals surface area contributed by atoms with Gasteiger partial charge in [0, 0.05) is 53.4 Å². The van der Waals surface area contributed by atoms with Gasteiger partial charge in [0.05, 0.1) is 22.4 Å². The van der Waals surface area contributed by atoms with Crippen molar-refractivity contribution in [3.63, 3.8) is 0 Å². The normalized spacial score (nSPS) is 11.5. The first kappa shape index (κ1) is 40.5. The highest BCUT2D eigenvalue weighted by molar-refractivity contribution is 7.25. The minimum atomic E-state index is 1.08. The topological polar surface area (TPSA) is 8.17 Å². The van der Waals surface area contributed by atoms with Crippen LogP contribution in [0.15, 0.2) is 267 Å². The largest absolute Gasteiger partial charge is 0.310 e. The molecule has 0 saturated carbocycles. The Morgan fingerprint density at radius 1 is 0.275 bits per heavy atom. The Labute approximate surface area is 405 Å². The molecule has 324 valence electrons. The molecule has 2 aromatic heterocycles. The van der Waals surface area contributed by atoms with Crippen LogP contribution in [0.5, 0.6) is 0 Å². The van der Waals surface area contributed by atoms with Crippen molar-refractivity contribution in [2.24, 2.45) is 0 Å². The fourth-order valence-electron chi connectivity index (χ4n) is 10.3. The Balaban J connectivity index is 1.00. The number of hydrogen-bond acceptors (Lipinski definition) is 2. The summed E-state index contributed by atoms with van der Waals surface area (Å²) in [7, 11) is 0. The van der Waals surface area contributed by atoms with Crippen LogP contribution in [0.3, 0.4) is 0 Å². The van der Waals surface area contributed by atoms with E-state index in [4.69, 9.17) is 0 Å². The van der Waals surface area contributed by atoms with Crippen LogP contribution in [-0.4, -0.2) is 4.57 Å². The molecule has 0 aliphatic carbocycles. The third-order valence-electron chi connectivity index (χ3n) is 13.6. The minimum Gasteiger partial charge on any atom is -0.310 e. The molecule has 0 spiro atoms. The van der Waals surface area contributed by atoms with E-state index >= 15 is 0 Å². The average molecular weight is 897 g/mol. The fraction of sp³-hybridized carbons (Fsp3) is 0. The monoisotopic (exact) mass is 896 g/mol. The van der Waals surface area contributed by atoms with Crippen molar-refractivity contribution in [2.45, 2.75) is 0 Å². The molecule has 2 heterocycles. The quantitative estimate of drug-likeness (QED) is 0.140. The van der Waals surface area contributed by atoms with Crippen LogP contribution in [0.25, 0.3) is 103 Å². The smallest absolute Gasteiger partial charge is 0.0541 e. The summed E-state index contributed by atoms with van der Waals surface area (Å²) in [5.74, 6) is 0. The predicted octanol–water partition coefficient (Wildman–Crippen LogP) is 19.0. The summed E-state index contributed by atoms with van der Waals surface area (Å²) >= 11 is 1.86. The number of benzene rings is 11. The predicted molar refractivity (Wildman–Crippen MR) is 296 cm³/mol. The second kappa shape index (κ2) is 17.2. The van der Waals surface area contributed by atoms with Gasteiger partial charge in [-0.2, -0.15) is 0 Å². The van der Waals surface area contributed by atoms with Crippen LogP contribution >= 0.6 is 11.3 Å². The minimum absolute atomic E-state index is 1.08. The number of anilines is 3. The first-order valence-electron chi connectivity index (χ1n) is 23.6. The van der Waals surface area contributed by atoms with Gasteiger partial charge in [0.15, 0.2) is 0 Å². The van der Waals surface area contributed by atoms with Crippen molar-refractivity contribution < 1.29 is 0 Å². The second-order valence-electron chi connectivity index (χ2n) is 17.7. The number of nitrogens with zero attached hydrogens (tertiary/aromatic N) is 2. The molecule has 0 aliphatic rings. The van der Waals surface area contributed by atoms with Gasteiger partial charge < -0.3 is 9.47 Å². The van der Waals surface area contributed by atoms with Gasteiger partial charge in [-0.25, -0.2) is 0 Å². The van der Waals surface area contributed by atoms with Crippen molar-refractivity contribution >= 4 is 70.4 Å². The molecule has 13 rings (SSSR count). The van der Waals surface area contributed by atoms with E-state index in [1.165, 1.54) is 86.5 Å². The van der Waals surface area contributed by atoms with Gasteiger partial charge in [-0.15, -0.1) is 11.3 Å². The summed E-state index contributed by atoms with van der Waals surface area (Å²) in [6.45, 7) is 0. The molecule has 13 aromatic rings. The molecule has 0 saturated heterocycles. The van der Waals surface area contributed by atoms with E-state index in [-0.39, 0.29) is 0 Å². The maximum absolute atomic E-state index is 2.44. The van der Waals surface area contributed by atoms with Gasteiger partial charge in [0.25, 0.3) is 0 Å². The van der Waals surface area contributed by atoms with Gasteiger partial charge in [-0.05, 0) is 117 Å². The van der Waals surface area contributed by atoms with E-state index in [9.17, 15) is 0 Å². The van der Waals surface area contributed by atoms with Crippen LogP contribution in [0.4, 0.5) is 17.1 Å². The molecule has 0 fully saturated rings. The van der Waals surface area contributed by atoms with Crippen LogP contribution < -0.4 is 4.90 Å². The number of thiophene rings is 1. The van der Waals surface area contributed by atoms with Crippen molar-refractivity contribution in [2.75, 3.05) is 4.90 Å². The molecule has 3 heteroatoms. The maximum Gasteiger partial charge on any atom is 0.0541 e. The summed E-state index contributed by atoms with van der Waals surface area (Å²) in [5.41, 5.74) is 18.6. The molecule has 11 aromatic carbocycles. The van der Waals surface area contributed by atoms with E-state index in [0.717, 1.165) is 33.9 Å². The molecule has 0 amide bonds.